The highest BCUT2D eigenvalue weighted by Crippen LogP contribution is 2.70. The molecule has 4 aliphatic rings. The molecule has 8 unspecified atom stereocenters. The van der Waals surface area contributed by atoms with E-state index < -0.39 is 0 Å². The average molecular weight is 276 g/mol. The molecule has 0 aromatic rings. The molecule has 2 heteroatoms. The summed E-state index contributed by atoms with van der Waals surface area (Å²) in [6.45, 7) is 8.29. The first kappa shape index (κ1) is 13.2. The predicted molar refractivity (Wildman–Crippen MR) is 77.9 cm³/mol. The summed E-state index contributed by atoms with van der Waals surface area (Å²) >= 11 is 0. The van der Waals surface area contributed by atoms with Gasteiger partial charge >= 0.3 is 5.97 Å². The van der Waals surface area contributed by atoms with Crippen LogP contribution in [-0.4, -0.2) is 11.6 Å². The van der Waals surface area contributed by atoms with E-state index in [0.29, 0.717) is 11.8 Å². The first-order valence-corrected chi connectivity index (χ1v) is 8.59. The van der Waals surface area contributed by atoms with Crippen LogP contribution in [0.5, 0.6) is 0 Å². The summed E-state index contributed by atoms with van der Waals surface area (Å²) in [6.07, 6.45) is 5.69. The maximum Gasteiger partial charge on any atom is 0.310 e. The Labute approximate surface area is 122 Å². The highest BCUT2D eigenvalue weighted by Gasteiger charge is 2.66. The number of ether oxygens (including phenoxy) is 1. The molecule has 0 saturated heterocycles. The quantitative estimate of drug-likeness (QED) is 0.536. The summed E-state index contributed by atoms with van der Waals surface area (Å²) < 4.78 is 5.73. The lowest BCUT2D eigenvalue weighted by molar-refractivity contribution is -0.166. The van der Waals surface area contributed by atoms with Gasteiger partial charge in [-0.25, -0.2) is 0 Å². The topological polar surface area (TPSA) is 26.3 Å². The summed E-state index contributed by atoms with van der Waals surface area (Å²) in [5.41, 5.74) is -0.341. The van der Waals surface area contributed by atoms with Crippen molar-refractivity contribution in [3.63, 3.8) is 0 Å². The van der Waals surface area contributed by atoms with E-state index in [2.05, 4.69) is 6.92 Å². The molecular formula is C18H28O2. The Balaban J connectivity index is 1.57. The molecule has 0 aromatic heterocycles. The second-order valence-electron chi connectivity index (χ2n) is 8.97. The van der Waals surface area contributed by atoms with Gasteiger partial charge in [-0.3, -0.25) is 4.79 Å². The van der Waals surface area contributed by atoms with Crippen molar-refractivity contribution in [1.29, 1.82) is 0 Å². The van der Waals surface area contributed by atoms with E-state index in [1.165, 1.54) is 25.7 Å². The zero-order valence-corrected chi connectivity index (χ0v) is 13.3. The Kier molecular flexibility index (Phi) is 2.64. The van der Waals surface area contributed by atoms with E-state index >= 15 is 0 Å². The van der Waals surface area contributed by atoms with Crippen molar-refractivity contribution in [2.75, 3.05) is 0 Å². The van der Waals surface area contributed by atoms with Gasteiger partial charge in [0.1, 0.15) is 5.60 Å². The van der Waals surface area contributed by atoms with Gasteiger partial charge in [-0.2, -0.15) is 0 Å². The highest BCUT2D eigenvalue weighted by atomic mass is 16.6. The first-order chi connectivity index (χ1) is 9.37. The SMILES string of the molecule is CC1C2CC(C1C(=O)OC(C)(C)C)C1C3CCC(C3)C21. The first-order valence-electron chi connectivity index (χ1n) is 8.59. The Hall–Kier alpha value is -0.530. The molecule has 4 aliphatic carbocycles. The van der Waals surface area contributed by atoms with Crippen LogP contribution >= 0.6 is 0 Å². The summed E-state index contributed by atoms with van der Waals surface area (Å²) in [6, 6.07) is 0. The van der Waals surface area contributed by atoms with Crippen LogP contribution in [0.15, 0.2) is 0 Å². The smallest absolute Gasteiger partial charge is 0.310 e. The number of fused-ring (bicyclic) bond motifs is 9. The second-order valence-corrected chi connectivity index (χ2v) is 8.97. The minimum atomic E-state index is -0.341. The van der Waals surface area contributed by atoms with Crippen molar-refractivity contribution in [2.45, 2.75) is 59.0 Å². The largest absolute Gasteiger partial charge is 0.460 e. The molecule has 2 nitrogen and oxygen atoms in total. The van der Waals surface area contributed by atoms with Crippen LogP contribution in [0.4, 0.5) is 0 Å². The fourth-order valence-electron chi connectivity index (χ4n) is 6.65. The maximum atomic E-state index is 12.6. The monoisotopic (exact) mass is 276 g/mol. The van der Waals surface area contributed by atoms with E-state index in [1.807, 2.05) is 20.8 Å². The third kappa shape index (κ3) is 1.66. The molecule has 4 fully saturated rings. The van der Waals surface area contributed by atoms with Crippen molar-refractivity contribution in [1.82, 2.24) is 0 Å². The van der Waals surface area contributed by atoms with Gasteiger partial charge in [0, 0.05) is 0 Å². The minimum absolute atomic E-state index is 0.0960. The molecule has 4 saturated carbocycles. The van der Waals surface area contributed by atoms with Crippen LogP contribution < -0.4 is 0 Å². The highest BCUT2D eigenvalue weighted by molar-refractivity contribution is 5.74. The lowest BCUT2D eigenvalue weighted by Gasteiger charge is -2.41. The van der Waals surface area contributed by atoms with Crippen molar-refractivity contribution in [3.05, 3.63) is 0 Å². The Morgan fingerprint density at radius 3 is 2.20 bits per heavy atom. The van der Waals surface area contributed by atoms with E-state index in [9.17, 15) is 4.79 Å². The maximum absolute atomic E-state index is 12.6. The van der Waals surface area contributed by atoms with Crippen LogP contribution in [0.3, 0.4) is 0 Å². The van der Waals surface area contributed by atoms with Crippen LogP contribution in [0, 0.1) is 47.3 Å². The van der Waals surface area contributed by atoms with E-state index in [1.54, 1.807) is 0 Å². The van der Waals surface area contributed by atoms with Gasteiger partial charge in [0.15, 0.2) is 0 Å². The Morgan fingerprint density at radius 1 is 1.00 bits per heavy atom. The van der Waals surface area contributed by atoms with E-state index in [0.717, 1.165) is 29.6 Å². The molecule has 112 valence electrons. The summed E-state index contributed by atoms with van der Waals surface area (Å²) in [5.74, 6) is 6.08. The molecule has 0 radical (unpaired) electrons. The molecule has 4 bridgehead atoms. The van der Waals surface area contributed by atoms with Crippen LogP contribution in [0.1, 0.15) is 53.4 Å². The third-order valence-electron chi connectivity index (χ3n) is 6.96. The van der Waals surface area contributed by atoms with E-state index in [4.69, 9.17) is 4.74 Å². The third-order valence-corrected chi connectivity index (χ3v) is 6.96. The lowest BCUT2D eigenvalue weighted by Crippen LogP contribution is -2.42. The molecule has 20 heavy (non-hydrogen) atoms. The second kappa shape index (κ2) is 4.01. The predicted octanol–water partition coefficient (Wildman–Crippen LogP) is 3.89. The van der Waals surface area contributed by atoms with E-state index in [-0.39, 0.29) is 17.5 Å². The Bertz CT molecular complexity index is 435. The number of hydrogen-bond acceptors (Lipinski definition) is 2. The molecule has 8 atom stereocenters. The molecule has 0 heterocycles. The van der Waals surface area contributed by atoms with Gasteiger partial charge in [0.2, 0.25) is 0 Å². The summed E-state index contributed by atoms with van der Waals surface area (Å²) in [4.78, 5) is 12.6. The zero-order chi connectivity index (χ0) is 14.2. The Morgan fingerprint density at radius 2 is 1.60 bits per heavy atom. The minimum Gasteiger partial charge on any atom is -0.460 e. The van der Waals surface area contributed by atoms with Crippen molar-refractivity contribution in [3.8, 4) is 0 Å². The lowest BCUT2D eigenvalue weighted by atomic mass is 9.64. The van der Waals surface area contributed by atoms with Crippen LogP contribution in [-0.2, 0) is 9.53 Å². The molecule has 0 spiro atoms. The fourth-order valence-corrected chi connectivity index (χ4v) is 6.65. The molecule has 4 rings (SSSR count). The zero-order valence-electron chi connectivity index (χ0n) is 13.3. The van der Waals surface area contributed by atoms with Gasteiger partial charge in [-0.05, 0) is 87.9 Å². The van der Waals surface area contributed by atoms with Gasteiger partial charge in [-0.15, -0.1) is 0 Å². The number of carbonyl (C=O) groups is 1. The number of rotatable bonds is 1. The van der Waals surface area contributed by atoms with Gasteiger partial charge in [0.05, 0.1) is 5.92 Å². The van der Waals surface area contributed by atoms with Gasteiger partial charge in [0.25, 0.3) is 0 Å². The van der Waals surface area contributed by atoms with Crippen molar-refractivity contribution in [2.24, 2.45) is 47.3 Å². The molecule has 0 aromatic carbocycles. The normalized spacial score (nSPS) is 52.4. The molecule has 0 aliphatic heterocycles. The van der Waals surface area contributed by atoms with Crippen molar-refractivity contribution < 1.29 is 9.53 Å². The number of esters is 1. The van der Waals surface area contributed by atoms with Crippen LogP contribution in [0.2, 0.25) is 0 Å². The average Bonchev–Trinajstić information content (AvgIpc) is 3.02. The van der Waals surface area contributed by atoms with Crippen molar-refractivity contribution >= 4 is 5.97 Å². The van der Waals surface area contributed by atoms with Gasteiger partial charge < -0.3 is 4.74 Å². The number of carbonyl (C=O) groups excluding carboxylic acids is 1. The van der Waals surface area contributed by atoms with Crippen LogP contribution in [0.25, 0.3) is 0 Å². The molecule has 0 amide bonds. The van der Waals surface area contributed by atoms with Gasteiger partial charge in [-0.1, -0.05) is 6.92 Å². The molecule has 0 N–H and O–H groups in total. The molecular weight excluding hydrogens is 248 g/mol. The standard InChI is InChI=1S/C18H28O2/c1-9-12-8-13(14(9)17(19)20-18(2,3)4)16-11-6-5-10(7-11)15(12)16/h9-16H,5-8H2,1-4H3. The fraction of sp³-hybridized carbons (Fsp3) is 0.944. The summed E-state index contributed by atoms with van der Waals surface area (Å²) in [7, 11) is 0. The summed E-state index contributed by atoms with van der Waals surface area (Å²) in [5, 5.41) is 0. The number of hydrogen-bond donors (Lipinski definition) is 0.